The fourth-order valence-corrected chi connectivity index (χ4v) is 4.18. The zero-order valence-corrected chi connectivity index (χ0v) is 14.1. The lowest BCUT2D eigenvalue weighted by atomic mass is 9.81. The minimum Gasteiger partial charge on any atom is -0.340 e. The third kappa shape index (κ3) is 2.83. The minimum absolute atomic E-state index is 0.0196. The van der Waals surface area contributed by atoms with Crippen LogP contribution in [-0.2, 0) is 11.2 Å². The smallest absolute Gasteiger partial charge is 0.223 e. The number of hydrogen-bond donors (Lipinski definition) is 0. The van der Waals surface area contributed by atoms with Crippen LogP contribution in [-0.4, -0.2) is 27.5 Å². The average Bonchev–Trinajstić information content (AvgIpc) is 3.24. The van der Waals surface area contributed by atoms with Crippen LogP contribution in [0, 0.1) is 6.92 Å². The molecule has 0 radical (unpaired) electrons. The van der Waals surface area contributed by atoms with E-state index in [1.54, 1.807) is 6.92 Å². The molecule has 1 fully saturated rings. The van der Waals surface area contributed by atoms with E-state index in [9.17, 15) is 4.79 Å². The van der Waals surface area contributed by atoms with Gasteiger partial charge in [0.15, 0.2) is 5.82 Å². The Bertz CT molecular complexity index is 740. The van der Waals surface area contributed by atoms with E-state index in [4.69, 9.17) is 4.52 Å². The summed E-state index contributed by atoms with van der Waals surface area (Å²) in [6.07, 6.45) is 5.92. The molecule has 4 rings (SSSR count). The molecule has 5 heteroatoms. The molecule has 24 heavy (non-hydrogen) atoms. The van der Waals surface area contributed by atoms with Crippen LogP contribution in [0.25, 0.3) is 0 Å². The van der Waals surface area contributed by atoms with E-state index < -0.39 is 0 Å². The van der Waals surface area contributed by atoms with Crippen molar-refractivity contribution in [3.63, 3.8) is 0 Å². The van der Waals surface area contributed by atoms with Crippen LogP contribution in [0.15, 0.2) is 28.8 Å². The van der Waals surface area contributed by atoms with Crippen molar-refractivity contribution in [2.75, 3.05) is 6.54 Å². The molecule has 0 unspecified atom stereocenters. The number of hydrogen-bond acceptors (Lipinski definition) is 4. The number of aryl methyl sites for hydroxylation is 2. The molecule has 2 heterocycles. The number of aromatic nitrogens is 2. The first-order valence-electron chi connectivity index (χ1n) is 8.90. The first-order chi connectivity index (χ1) is 11.7. The van der Waals surface area contributed by atoms with Gasteiger partial charge in [-0.05, 0) is 49.1 Å². The second-order valence-corrected chi connectivity index (χ2v) is 6.91. The van der Waals surface area contributed by atoms with Gasteiger partial charge in [-0.1, -0.05) is 29.4 Å². The summed E-state index contributed by atoms with van der Waals surface area (Å²) in [5, 5.41) is 4.03. The van der Waals surface area contributed by atoms with Gasteiger partial charge < -0.3 is 9.42 Å². The molecule has 2 aromatic rings. The zero-order valence-electron chi connectivity index (χ0n) is 14.1. The first kappa shape index (κ1) is 15.4. The van der Waals surface area contributed by atoms with E-state index in [-0.39, 0.29) is 11.9 Å². The van der Waals surface area contributed by atoms with Crippen molar-refractivity contribution in [1.82, 2.24) is 15.0 Å². The van der Waals surface area contributed by atoms with Gasteiger partial charge in [0, 0.05) is 19.9 Å². The molecule has 1 amide bonds. The number of likely N-dealkylation sites (tertiary alicyclic amines) is 1. The van der Waals surface area contributed by atoms with Crippen molar-refractivity contribution in [2.45, 2.75) is 57.4 Å². The predicted molar refractivity (Wildman–Crippen MR) is 89.5 cm³/mol. The average molecular weight is 325 g/mol. The van der Waals surface area contributed by atoms with Crippen molar-refractivity contribution in [3.8, 4) is 0 Å². The van der Waals surface area contributed by atoms with Gasteiger partial charge in [0.2, 0.25) is 11.8 Å². The van der Waals surface area contributed by atoms with Gasteiger partial charge in [0.1, 0.15) is 0 Å². The molecule has 0 saturated carbocycles. The number of amides is 1. The highest BCUT2D eigenvalue weighted by atomic mass is 16.5. The zero-order chi connectivity index (χ0) is 16.5. The Morgan fingerprint density at radius 3 is 3.00 bits per heavy atom. The monoisotopic (exact) mass is 325 g/mol. The molecule has 0 spiro atoms. The maximum Gasteiger partial charge on any atom is 0.223 e. The fourth-order valence-electron chi connectivity index (χ4n) is 4.18. The van der Waals surface area contributed by atoms with Crippen molar-refractivity contribution < 1.29 is 9.32 Å². The summed E-state index contributed by atoms with van der Waals surface area (Å²) in [4.78, 5) is 19.2. The largest absolute Gasteiger partial charge is 0.340 e. The number of benzene rings is 1. The second-order valence-electron chi connectivity index (χ2n) is 6.91. The van der Waals surface area contributed by atoms with Crippen LogP contribution in [0.2, 0.25) is 0 Å². The van der Waals surface area contributed by atoms with E-state index in [0.717, 1.165) is 32.2 Å². The van der Waals surface area contributed by atoms with Crippen molar-refractivity contribution in [2.24, 2.45) is 0 Å². The minimum atomic E-state index is -0.0196. The summed E-state index contributed by atoms with van der Waals surface area (Å²) in [5.74, 6) is 1.78. The molecule has 126 valence electrons. The first-order valence-corrected chi connectivity index (χ1v) is 8.90. The van der Waals surface area contributed by atoms with Gasteiger partial charge in [0.05, 0.1) is 6.04 Å². The van der Waals surface area contributed by atoms with E-state index in [0.29, 0.717) is 24.1 Å². The molecule has 2 aliphatic rings. The van der Waals surface area contributed by atoms with Crippen molar-refractivity contribution in [1.29, 1.82) is 0 Å². The van der Waals surface area contributed by atoms with Crippen LogP contribution in [0.1, 0.15) is 66.9 Å². The Balaban J connectivity index is 1.50. The Morgan fingerprint density at radius 1 is 1.29 bits per heavy atom. The molecule has 0 bridgehead atoms. The Kier molecular flexibility index (Phi) is 4.08. The molecule has 1 saturated heterocycles. The molecule has 5 nitrogen and oxygen atoms in total. The van der Waals surface area contributed by atoms with Gasteiger partial charge >= 0.3 is 0 Å². The molecular weight excluding hydrogens is 302 g/mol. The van der Waals surface area contributed by atoms with Gasteiger partial charge in [-0.25, -0.2) is 0 Å². The number of nitrogens with zero attached hydrogens (tertiary/aromatic N) is 3. The molecule has 1 aromatic heterocycles. The lowest BCUT2D eigenvalue weighted by Gasteiger charge is -2.28. The molecule has 0 N–H and O–H groups in total. The van der Waals surface area contributed by atoms with Crippen LogP contribution in [0.5, 0.6) is 0 Å². The lowest BCUT2D eigenvalue weighted by molar-refractivity contribution is -0.132. The van der Waals surface area contributed by atoms with E-state index in [1.807, 2.05) is 4.90 Å². The van der Waals surface area contributed by atoms with Crippen molar-refractivity contribution >= 4 is 5.91 Å². The number of fused-ring (bicyclic) bond motifs is 1. The summed E-state index contributed by atoms with van der Waals surface area (Å²) in [7, 11) is 0. The number of rotatable bonds is 3. The maximum atomic E-state index is 13.0. The third-order valence-corrected chi connectivity index (χ3v) is 5.33. The second kappa shape index (κ2) is 6.38. The van der Waals surface area contributed by atoms with E-state index in [1.165, 1.54) is 17.5 Å². The Hall–Kier alpha value is -2.17. The highest BCUT2D eigenvalue weighted by Gasteiger charge is 2.34. The topological polar surface area (TPSA) is 59.2 Å². The highest BCUT2D eigenvalue weighted by molar-refractivity contribution is 5.78. The van der Waals surface area contributed by atoms with Gasteiger partial charge in [0.25, 0.3) is 0 Å². The van der Waals surface area contributed by atoms with Crippen LogP contribution in [0.3, 0.4) is 0 Å². The molecule has 1 aromatic carbocycles. The summed E-state index contributed by atoms with van der Waals surface area (Å²) < 4.78 is 5.10. The molecular formula is C19H23N3O2. The standard InChI is InChI=1S/C19H23N3O2/c1-13-20-19(21-24-13)17-10-5-11-22(17)18(23)12-15-8-4-7-14-6-2-3-9-16(14)15/h2-3,6,9,15,17H,4-5,7-8,10-12H2,1H3/t15-,17+/m0/s1. The SMILES string of the molecule is Cc1nc([C@H]2CCCN2C(=O)C[C@@H]2CCCc3ccccc32)no1. The summed E-state index contributed by atoms with van der Waals surface area (Å²) >= 11 is 0. The number of carbonyl (C=O) groups is 1. The summed E-state index contributed by atoms with van der Waals surface area (Å²) in [6, 6.07) is 8.55. The van der Waals surface area contributed by atoms with Crippen LogP contribution in [0.4, 0.5) is 0 Å². The van der Waals surface area contributed by atoms with Gasteiger partial charge in [-0.3, -0.25) is 4.79 Å². The fraction of sp³-hybridized carbons (Fsp3) is 0.526. The Labute approximate surface area is 142 Å². The molecule has 1 aliphatic carbocycles. The van der Waals surface area contributed by atoms with Gasteiger partial charge in [-0.2, -0.15) is 4.98 Å². The Morgan fingerprint density at radius 2 is 2.17 bits per heavy atom. The summed E-state index contributed by atoms with van der Waals surface area (Å²) in [6.45, 7) is 2.59. The summed E-state index contributed by atoms with van der Waals surface area (Å²) in [5.41, 5.74) is 2.77. The normalized spacial score (nSPS) is 23.3. The van der Waals surface area contributed by atoms with E-state index in [2.05, 4.69) is 34.4 Å². The van der Waals surface area contributed by atoms with Crippen LogP contribution >= 0.6 is 0 Å². The molecule has 2 atom stereocenters. The molecule has 1 aliphatic heterocycles. The van der Waals surface area contributed by atoms with Gasteiger partial charge in [-0.15, -0.1) is 0 Å². The van der Waals surface area contributed by atoms with E-state index >= 15 is 0 Å². The predicted octanol–water partition coefficient (Wildman–Crippen LogP) is 3.55. The lowest BCUT2D eigenvalue weighted by Crippen LogP contribution is -2.32. The number of carbonyl (C=O) groups excluding carboxylic acids is 1. The maximum absolute atomic E-state index is 13.0. The van der Waals surface area contributed by atoms with Crippen molar-refractivity contribution in [3.05, 3.63) is 47.1 Å². The quantitative estimate of drug-likeness (QED) is 0.866. The highest BCUT2D eigenvalue weighted by Crippen LogP contribution is 2.37. The van der Waals surface area contributed by atoms with Crippen LogP contribution < -0.4 is 0 Å². The third-order valence-electron chi connectivity index (χ3n) is 5.33.